The molecular formula is C23H29N3O. The summed E-state index contributed by atoms with van der Waals surface area (Å²) in [6.45, 7) is 8.40. The number of pyridine rings is 1. The average Bonchev–Trinajstić information content (AvgIpc) is 2.95. The number of rotatable bonds is 7. The highest BCUT2D eigenvalue weighted by atomic mass is 16.1. The second-order valence-electron chi connectivity index (χ2n) is 7.48. The molecule has 0 aliphatic carbocycles. The summed E-state index contributed by atoms with van der Waals surface area (Å²) >= 11 is 0. The van der Waals surface area contributed by atoms with Crippen molar-refractivity contribution >= 4 is 17.4 Å². The minimum Gasteiger partial charge on any atom is -0.310 e. The largest absolute Gasteiger partial charge is 0.310 e. The number of aromatic nitrogens is 2. The first kappa shape index (κ1) is 19.2. The number of carbonyl (C=O) groups excluding carboxylic acids is 1. The molecule has 4 nitrogen and oxygen atoms in total. The normalized spacial score (nSPS) is 11.1. The van der Waals surface area contributed by atoms with Gasteiger partial charge in [-0.05, 0) is 57.0 Å². The second kappa shape index (κ2) is 8.38. The van der Waals surface area contributed by atoms with Gasteiger partial charge in [-0.15, -0.1) is 0 Å². The fourth-order valence-corrected chi connectivity index (χ4v) is 3.49. The Bertz CT molecular complexity index is 935. The Morgan fingerprint density at radius 2 is 1.74 bits per heavy atom. The molecule has 0 bridgehead atoms. The fourth-order valence-electron chi connectivity index (χ4n) is 3.49. The zero-order valence-corrected chi connectivity index (χ0v) is 16.8. The van der Waals surface area contributed by atoms with Crippen molar-refractivity contribution in [2.75, 3.05) is 5.32 Å². The van der Waals surface area contributed by atoms with E-state index in [1.54, 1.807) is 0 Å². The lowest BCUT2D eigenvalue weighted by molar-refractivity contribution is -0.116. The van der Waals surface area contributed by atoms with E-state index in [1.807, 2.05) is 22.7 Å². The molecule has 27 heavy (non-hydrogen) atoms. The van der Waals surface area contributed by atoms with Crippen LogP contribution >= 0.6 is 0 Å². The highest BCUT2D eigenvalue weighted by Crippen LogP contribution is 2.30. The van der Waals surface area contributed by atoms with Crippen LogP contribution in [0.3, 0.4) is 0 Å². The van der Waals surface area contributed by atoms with Gasteiger partial charge in [0.05, 0.1) is 0 Å². The number of fused-ring (bicyclic) bond motifs is 1. The number of anilines is 1. The van der Waals surface area contributed by atoms with Crippen molar-refractivity contribution in [1.29, 1.82) is 0 Å². The molecule has 0 aliphatic heterocycles. The second-order valence-corrected chi connectivity index (χ2v) is 7.48. The molecular weight excluding hydrogens is 334 g/mol. The van der Waals surface area contributed by atoms with Gasteiger partial charge in [0.15, 0.2) is 0 Å². The van der Waals surface area contributed by atoms with Gasteiger partial charge in [0.1, 0.15) is 17.2 Å². The zero-order chi connectivity index (χ0) is 19.4. The summed E-state index contributed by atoms with van der Waals surface area (Å²) in [5.41, 5.74) is 6.25. The molecule has 1 N–H and O–H groups in total. The van der Waals surface area contributed by atoms with E-state index >= 15 is 0 Å². The maximum absolute atomic E-state index is 12.5. The van der Waals surface area contributed by atoms with Crippen LogP contribution < -0.4 is 5.32 Å². The first-order valence-electron chi connectivity index (χ1n) is 9.85. The Labute approximate surface area is 161 Å². The van der Waals surface area contributed by atoms with Gasteiger partial charge in [0.2, 0.25) is 5.91 Å². The van der Waals surface area contributed by atoms with Gasteiger partial charge in [-0.25, -0.2) is 4.98 Å². The molecule has 0 saturated heterocycles. The molecule has 0 atom stereocenters. The average molecular weight is 364 g/mol. The van der Waals surface area contributed by atoms with E-state index < -0.39 is 0 Å². The van der Waals surface area contributed by atoms with Gasteiger partial charge in [0.25, 0.3) is 0 Å². The summed E-state index contributed by atoms with van der Waals surface area (Å²) in [6.07, 6.45) is 6.90. The standard InChI is InChI=1S/C23H29N3O/c1-5-6-7-8-9-21(27)25-23-22(19-13-17(3)12-18(4)14-19)24-20-15-16(2)10-11-26(20)23/h10-15H,5-9H2,1-4H3,(H,25,27). The van der Waals surface area contributed by atoms with Crippen LogP contribution in [0.2, 0.25) is 0 Å². The minimum absolute atomic E-state index is 0.0547. The van der Waals surface area contributed by atoms with Crippen LogP contribution in [-0.2, 0) is 4.79 Å². The van der Waals surface area contributed by atoms with Gasteiger partial charge in [-0.3, -0.25) is 9.20 Å². The van der Waals surface area contributed by atoms with E-state index in [9.17, 15) is 4.79 Å². The van der Waals surface area contributed by atoms with E-state index in [0.29, 0.717) is 6.42 Å². The van der Waals surface area contributed by atoms with Crippen molar-refractivity contribution in [2.45, 2.75) is 59.8 Å². The van der Waals surface area contributed by atoms with Crippen molar-refractivity contribution in [2.24, 2.45) is 0 Å². The summed E-state index contributed by atoms with van der Waals surface area (Å²) in [5, 5.41) is 3.13. The first-order chi connectivity index (χ1) is 13.0. The number of unbranched alkanes of at least 4 members (excludes halogenated alkanes) is 3. The molecule has 0 spiro atoms. The van der Waals surface area contributed by atoms with Crippen LogP contribution in [0, 0.1) is 20.8 Å². The maximum Gasteiger partial charge on any atom is 0.225 e. The van der Waals surface area contributed by atoms with Gasteiger partial charge in [-0.2, -0.15) is 0 Å². The molecule has 142 valence electrons. The van der Waals surface area contributed by atoms with E-state index in [0.717, 1.165) is 41.1 Å². The van der Waals surface area contributed by atoms with Crippen LogP contribution in [0.1, 0.15) is 55.7 Å². The van der Waals surface area contributed by atoms with Crippen molar-refractivity contribution < 1.29 is 4.79 Å². The zero-order valence-electron chi connectivity index (χ0n) is 16.8. The number of hydrogen-bond donors (Lipinski definition) is 1. The number of benzene rings is 1. The number of hydrogen-bond acceptors (Lipinski definition) is 2. The van der Waals surface area contributed by atoms with Crippen molar-refractivity contribution in [3.8, 4) is 11.3 Å². The quantitative estimate of drug-likeness (QED) is 0.536. The molecule has 0 radical (unpaired) electrons. The van der Waals surface area contributed by atoms with E-state index in [1.165, 1.54) is 24.0 Å². The molecule has 1 amide bonds. The molecule has 3 aromatic rings. The third-order valence-electron chi connectivity index (χ3n) is 4.79. The van der Waals surface area contributed by atoms with E-state index in [2.05, 4.69) is 51.2 Å². The third-order valence-corrected chi connectivity index (χ3v) is 4.79. The number of nitrogens with one attached hydrogen (secondary N) is 1. The summed E-state index contributed by atoms with van der Waals surface area (Å²) in [6, 6.07) is 10.5. The minimum atomic E-state index is 0.0547. The summed E-state index contributed by atoms with van der Waals surface area (Å²) < 4.78 is 1.98. The molecule has 0 fully saturated rings. The highest BCUT2D eigenvalue weighted by Gasteiger charge is 2.17. The monoisotopic (exact) mass is 363 g/mol. The Kier molecular flexibility index (Phi) is 5.94. The summed E-state index contributed by atoms with van der Waals surface area (Å²) in [7, 11) is 0. The maximum atomic E-state index is 12.5. The predicted molar refractivity (Wildman–Crippen MR) is 112 cm³/mol. The Balaban J connectivity index is 1.97. The van der Waals surface area contributed by atoms with Gasteiger partial charge >= 0.3 is 0 Å². The molecule has 1 aromatic carbocycles. The molecule has 0 aliphatic rings. The molecule has 0 unspecified atom stereocenters. The highest BCUT2D eigenvalue weighted by molar-refractivity contribution is 5.94. The lowest BCUT2D eigenvalue weighted by Crippen LogP contribution is -2.13. The lowest BCUT2D eigenvalue weighted by atomic mass is 10.0. The van der Waals surface area contributed by atoms with Crippen LogP contribution in [0.5, 0.6) is 0 Å². The number of amides is 1. The van der Waals surface area contributed by atoms with Crippen molar-refractivity contribution in [3.05, 3.63) is 53.2 Å². The van der Waals surface area contributed by atoms with E-state index in [4.69, 9.17) is 4.98 Å². The lowest BCUT2D eigenvalue weighted by Gasteiger charge is -2.09. The van der Waals surface area contributed by atoms with Gasteiger partial charge in [0, 0.05) is 18.2 Å². The van der Waals surface area contributed by atoms with Crippen LogP contribution in [0.4, 0.5) is 5.82 Å². The molecule has 0 saturated carbocycles. The number of aryl methyl sites for hydroxylation is 3. The van der Waals surface area contributed by atoms with Crippen LogP contribution in [-0.4, -0.2) is 15.3 Å². The summed E-state index contributed by atoms with van der Waals surface area (Å²) in [5.74, 6) is 0.814. The Morgan fingerprint density at radius 3 is 2.44 bits per heavy atom. The van der Waals surface area contributed by atoms with Gasteiger partial charge in [-0.1, -0.05) is 43.4 Å². The Hall–Kier alpha value is -2.62. The van der Waals surface area contributed by atoms with Crippen LogP contribution in [0.25, 0.3) is 16.9 Å². The number of carbonyl (C=O) groups is 1. The molecule has 2 heterocycles. The topological polar surface area (TPSA) is 46.4 Å². The fraction of sp³-hybridized carbons (Fsp3) is 0.391. The Morgan fingerprint density at radius 1 is 1.00 bits per heavy atom. The van der Waals surface area contributed by atoms with Crippen LogP contribution in [0.15, 0.2) is 36.5 Å². The van der Waals surface area contributed by atoms with E-state index in [-0.39, 0.29) is 5.91 Å². The SMILES string of the molecule is CCCCCCC(=O)Nc1c(-c2cc(C)cc(C)c2)nc2cc(C)ccn12. The number of imidazole rings is 1. The van der Waals surface area contributed by atoms with Gasteiger partial charge < -0.3 is 5.32 Å². The smallest absolute Gasteiger partial charge is 0.225 e. The molecule has 3 rings (SSSR count). The van der Waals surface area contributed by atoms with Crippen molar-refractivity contribution in [3.63, 3.8) is 0 Å². The molecule has 2 aromatic heterocycles. The summed E-state index contributed by atoms with van der Waals surface area (Å²) in [4.78, 5) is 17.4. The van der Waals surface area contributed by atoms with Crippen molar-refractivity contribution in [1.82, 2.24) is 9.38 Å². The predicted octanol–water partition coefficient (Wildman–Crippen LogP) is 5.84. The third kappa shape index (κ3) is 4.57. The number of nitrogens with zero attached hydrogens (tertiary/aromatic N) is 2. The first-order valence-corrected chi connectivity index (χ1v) is 9.85. The molecule has 4 heteroatoms.